The molecule has 0 saturated heterocycles. The molecule has 29 heteroatoms. The van der Waals surface area contributed by atoms with Gasteiger partial charge in [-0.15, -0.1) is 0 Å². The zero-order valence-corrected chi connectivity index (χ0v) is 38.8. The van der Waals surface area contributed by atoms with Crippen molar-refractivity contribution in [2.24, 2.45) is 23.7 Å². The maximum absolute atomic E-state index is 14.0. The van der Waals surface area contributed by atoms with E-state index >= 15 is 0 Å². The van der Waals surface area contributed by atoms with Gasteiger partial charge in [-0.2, -0.15) is 12.6 Å². The van der Waals surface area contributed by atoms with Crippen LogP contribution in [0.15, 0.2) is 0 Å². The van der Waals surface area contributed by atoms with E-state index in [4.69, 9.17) is 0 Å². The minimum absolute atomic E-state index is 0.178. The van der Waals surface area contributed by atoms with Crippen LogP contribution in [0.25, 0.3) is 0 Å². The van der Waals surface area contributed by atoms with Crippen LogP contribution in [0, 0.1) is 23.7 Å². The lowest BCUT2D eigenvalue weighted by atomic mass is 9.86. The molecule has 0 aliphatic carbocycles. The van der Waals surface area contributed by atoms with Crippen molar-refractivity contribution >= 4 is 59.5 Å². The number of carboxylic acids is 1. The van der Waals surface area contributed by atoms with Crippen molar-refractivity contribution < 1.29 is 125 Å². The molecule has 0 aliphatic rings. The lowest BCUT2D eigenvalue weighted by Gasteiger charge is -2.33. The van der Waals surface area contributed by atoms with Crippen LogP contribution in [0.1, 0.15) is 52.9 Å². The van der Waals surface area contributed by atoms with Gasteiger partial charge in [0, 0.05) is 43.8 Å². The lowest BCUT2D eigenvalue weighted by Crippen LogP contribution is -2.60. The topological polar surface area (TPSA) is 517 Å². The van der Waals surface area contributed by atoms with Crippen LogP contribution in [-0.2, 0) is 38.4 Å². The average molecular weight is 1020 g/mol. The highest BCUT2D eigenvalue weighted by Gasteiger charge is 2.44. The molecule has 0 aromatic rings. The number of aliphatic carboxylic acids is 1. The Kier molecular flexibility index (Phi) is 29.9. The van der Waals surface area contributed by atoms with Crippen LogP contribution in [0.2, 0.25) is 0 Å². The van der Waals surface area contributed by atoms with Gasteiger partial charge in [-0.05, 0) is 6.92 Å². The first-order valence-electron chi connectivity index (χ1n) is 21.5. The molecule has 0 spiro atoms. The van der Waals surface area contributed by atoms with Crippen molar-refractivity contribution in [2.45, 2.75) is 144 Å². The molecule has 3 amide bonds. The Morgan fingerprint density at radius 3 is 1.16 bits per heavy atom. The summed E-state index contributed by atoms with van der Waals surface area (Å²) in [7, 11) is 0. The number of hydrogen-bond donors (Lipinski definition) is 21. The quantitative estimate of drug-likeness (QED) is 0.0259. The van der Waals surface area contributed by atoms with Crippen LogP contribution in [-0.4, -0.2) is 257 Å². The third kappa shape index (κ3) is 19.8. The molecule has 0 aromatic heterocycles. The van der Waals surface area contributed by atoms with E-state index in [0.717, 1.165) is 13.8 Å². The van der Waals surface area contributed by atoms with Gasteiger partial charge in [0.05, 0.1) is 62.4 Å². The summed E-state index contributed by atoms with van der Waals surface area (Å²) in [6.45, 7) is -1.43. The molecule has 400 valence electrons. The van der Waals surface area contributed by atoms with Crippen LogP contribution in [0.4, 0.5) is 0 Å². The first-order valence-corrected chi connectivity index (χ1v) is 22.1. The molecule has 0 aliphatic heterocycles. The van der Waals surface area contributed by atoms with Gasteiger partial charge >= 0.3 is 5.97 Å². The van der Waals surface area contributed by atoms with E-state index in [9.17, 15) is 125 Å². The summed E-state index contributed by atoms with van der Waals surface area (Å²) in [6, 6.07) is -6.50. The predicted octanol–water partition coefficient (Wildman–Crippen LogP) is -10.5. The molecule has 0 fully saturated rings. The van der Waals surface area contributed by atoms with E-state index < -0.39 is 220 Å². The molecule has 0 unspecified atom stereocenters. The molecular weight excluding hydrogens is 955 g/mol. The van der Waals surface area contributed by atoms with Crippen LogP contribution < -0.4 is 16.0 Å². The number of amides is 3. The zero-order valence-electron chi connectivity index (χ0n) is 37.9. The van der Waals surface area contributed by atoms with Gasteiger partial charge in [-0.25, -0.2) is 0 Å². The largest absolute Gasteiger partial charge is 0.481 e. The van der Waals surface area contributed by atoms with E-state index in [-0.39, 0.29) is 6.42 Å². The maximum atomic E-state index is 14.0. The van der Waals surface area contributed by atoms with Gasteiger partial charge in [-0.1, -0.05) is 13.8 Å². The second-order valence-corrected chi connectivity index (χ2v) is 16.9. The van der Waals surface area contributed by atoms with Crippen LogP contribution in [0.5, 0.6) is 0 Å². The molecule has 69 heavy (non-hydrogen) atoms. The Bertz CT molecular complexity index is 1680. The summed E-state index contributed by atoms with van der Waals surface area (Å²) in [5.74, 6) is -18.3. The lowest BCUT2D eigenvalue weighted by molar-refractivity contribution is -0.149. The van der Waals surface area contributed by atoms with E-state index in [1.165, 1.54) is 6.92 Å². The number of aliphatic hydroxyl groups is 16. The Balaban J connectivity index is 7.04. The van der Waals surface area contributed by atoms with Gasteiger partial charge in [0.2, 0.25) is 17.7 Å². The third-order valence-electron chi connectivity index (χ3n) is 11.3. The fourth-order valence-corrected chi connectivity index (χ4v) is 6.81. The van der Waals surface area contributed by atoms with Crippen LogP contribution >= 0.6 is 12.6 Å². The third-order valence-corrected chi connectivity index (χ3v) is 11.7. The summed E-state index contributed by atoms with van der Waals surface area (Å²) in [6.07, 6.45) is -32.2. The number of Topliss-reactive ketones (excluding diaryl/α,β-unsaturated/α-hetero) is 4. The van der Waals surface area contributed by atoms with Crippen molar-refractivity contribution in [1.29, 1.82) is 0 Å². The van der Waals surface area contributed by atoms with Gasteiger partial charge in [0.25, 0.3) is 0 Å². The van der Waals surface area contributed by atoms with E-state index in [1.807, 2.05) is 10.6 Å². The summed E-state index contributed by atoms with van der Waals surface area (Å²) < 4.78 is 0. The number of carbonyl (C=O) groups is 8. The average Bonchev–Trinajstić information content (AvgIpc) is 3.33. The first kappa shape index (κ1) is 65.3. The second-order valence-electron chi connectivity index (χ2n) is 16.6. The number of ketones is 4. The summed E-state index contributed by atoms with van der Waals surface area (Å²) >= 11 is 3.84. The number of carbonyl (C=O) groups excluding carboxylic acids is 7. The Morgan fingerprint density at radius 2 is 0.797 bits per heavy atom. The number of thiol groups is 1. The smallest absolute Gasteiger partial charge is 0.307 e. The number of aliphatic hydroxyl groups excluding tert-OH is 16. The minimum Gasteiger partial charge on any atom is -0.481 e. The van der Waals surface area contributed by atoms with Gasteiger partial charge in [0.15, 0.2) is 17.3 Å². The van der Waals surface area contributed by atoms with E-state index in [1.54, 1.807) is 0 Å². The molecular formula is C40H69N3O25S. The van der Waals surface area contributed by atoms with Crippen molar-refractivity contribution in [3.63, 3.8) is 0 Å². The number of hydrogen-bond acceptors (Lipinski definition) is 25. The molecule has 0 rings (SSSR count). The van der Waals surface area contributed by atoms with Gasteiger partial charge < -0.3 is 103 Å². The maximum Gasteiger partial charge on any atom is 0.307 e. The zero-order chi connectivity index (χ0) is 53.8. The molecule has 28 nitrogen and oxygen atoms in total. The Morgan fingerprint density at radius 1 is 0.449 bits per heavy atom. The van der Waals surface area contributed by atoms with Gasteiger partial charge in [-0.3, -0.25) is 38.4 Å². The summed E-state index contributed by atoms with van der Waals surface area (Å²) in [4.78, 5) is 105. The fraction of sp³-hybridized carbons (Fsp3) is 0.800. The minimum atomic E-state index is -2.65. The molecule has 0 bridgehead atoms. The highest BCUT2D eigenvalue weighted by molar-refractivity contribution is 7.80. The Labute approximate surface area is 400 Å². The fourth-order valence-electron chi connectivity index (χ4n) is 6.52. The second kappa shape index (κ2) is 31.6. The number of carboxylic acid groups (broad SMARTS) is 1. The van der Waals surface area contributed by atoms with E-state index in [0.29, 0.717) is 0 Å². The summed E-state index contributed by atoms with van der Waals surface area (Å²) in [5.41, 5.74) is 0. The molecule has 0 radical (unpaired) electrons. The normalized spacial score (nSPS) is 20.2. The highest BCUT2D eigenvalue weighted by atomic mass is 32.1. The summed E-state index contributed by atoms with van der Waals surface area (Å²) in [5, 5.41) is 178. The van der Waals surface area contributed by atoms with Crippen LogP contribution in [0.3, 0.4) is 0 Å². The Hall–Kier alpha value is -3.73. The van der Waals surface area contributed by atoms with Crippen molar-refractivity contribution in [3.8, 4) is 0 Å². The van der Waals surface area contributed by atoms with Crippen molar-refractivity contribution in [2.75, 3.05) is 32.2 Å². The van der Waals surface area contributed by atoms with Gasteiger partial charge in [0.1, 0.15) is 78.9 Å². The monoisotopic (exact) mass is 1020 g/mol. The number of nitrogens with one attached hydrogen (secondary N) is 3. The predicted molar refractivity (Wildman–Crippen MR) is 232 cm³/mol. The van der Waals surface area contributed by atoms with Crippen molar-refractivity contribution in [3.05, 3.63) is 0 Å². The van der Waals surface area contributed by atoms with Crippen molar-refractivity contribution in [1.82, 2.24) is 16.0 Å². The molecule has 0 heterocycles. The highest BCUT2D eigenvalue weighted by Crippen LogP contribution is 2.22. The molecule has 19 atom stereocenters. The molecule has 0 saturated carbocycles. The first-order chi connectivity index (χ1) is 32.0. The molecule has 20 N–H and O–H groups in total. The standard InChI is InChI=1S/C40H69N3O25S/c1-4-17(48)7-18(29(56)31(58)23(52)9-44)38(65)41-15(3)20(49)8-19(30(57)32(59)24(53)10-45)39(66)43-27(35(62)33(60)25(54)11-46)21(50)5-14(2)37(64)42-28(36(63)34(61)26(55)12-47)22(51)6-16(13-69)40(67)68/h14-16,18-19,23-36,44-47,52-63,69H,4-13H2,1-3H3,(H,41,65)(H,42,64)(H,43,66)(H,67,68)/t14-,15+,16+,18+,19+,23-,24-,25-,26-,27-,28-,29-,30-,31-,32-,33-,34-,35-,36-/m1/s1. The molecule has 0 aromatic carbocycles. The SMILES string of the molecule is CCC(=O)C[C@H](C(=O)N[C@@H](C)C(=O)C[C@H](C(=O)N[C@H](C(=O)C[C@@H](C)C(=O)N[C@H](C(=O)C[C@@H](CS)C(=O)O)[C@@H](O)[C@H](O)[C@H](O)CO)[C@@H](O)[C@H](O)[C@H](O)CO)[C@@H](O)[C@H](O)[C@H](O)CO)[C@@H](O)[C@H](O)[C@H](O)CO. The van der Waals surface area contributed by atoms with E-state index in [2.05, 4.69) is 17.9 Å². The number of rotatable bonds is 36.